The molecule has 0 aliphatic heterocycles. The molecule has 4 aromatic rings. The Morgan fingerprint density at radius 3 is 2.59 bits per heavy atom. The highest BCUT2D eigenvalue weighted by atomic mass is 19.1. The van der Waals surface area contributed by atoms with Gasteiger partial charge < -0.3 is 14.5 Å². The first kappa shape index (κ1) is 21.4. The zero-order valence-corrected chi connectivity index (χ0v) is 18.2. The topological polar surface area (TPSA) is 69.3 Å². The smallest absolute Gasteiger partial charge is 0.291 e. The van der Waals surface area contributed by atoms with Crippen LogP contribution in [0.2, 0.25) is 0 Å². The zero-order valence-electron chi connectivity index (χ0n) is 18.2. The fourth-order valence-corrected chi connectivity index (χ4v) is 3.44. The van der Waals surface area contributed by atoms with E-state index in [0.29, 0.717) is 22.7 Å². The highest BCUT2D eigenvalue weighted by Crippen LogP contribution is 2.23. The SMILES string of the molecule is Cc1ccccc1OCc1ccc(C(=O)Nc2c(C)nn(Cc3ccccc3F)c2C)o1. The summed E-state index contributed by atoms with van der Waals surface area (Å²) in [6, 6.07) is 17.6. The molecule has 0 aliphatic carbocycles. The molecule has 0 aliphatic rings. The number of hydrogen-bond acceptors (Lipinski definition) is 4. The molecule has 0 saturated carbocycles. The Hall–Kier alpha value is -3.87. The van der Waals surface area contributed by atoms with E-state index in [2.05, 4.69) is 10.4 Å². The minimum absolute atomic E-state index is 0.175. The molecule has 0 fully saturated rings. The molecule has 4 rings (SSSR count). The summed E-state index contributed by atoms with van der Waals surface area (Å²) in [4.78, 5) is 12.7. The van der Waals surface area contributed by atoms with E-state index in [9.17, 15) is 9.18 Å². The van der Waals surface area contributed by atoms with Crippen molar-refractivity contribution in [3.8, 4) is 5.75 Å². The molecule has 2 heterocycles. The van der Waals surface area contributed by atoms with Gasteiger partial charge in [0.2, 0.25) is 0 Å². The van der Waals surface area contributed by atoms with Gasteiger partial charge in [0, 0.05) is 5.56 Å². The standard InChI is InChI=1S/C25H24FN3O3/c1-16-8-4-7-11-22(16)31-15-20-12-13-23(32-20)25(30)27-24-17(2)28-29(18(24)3)14-19-9-5-6-10-21(19)26/h4-13H,14-15H2,1-3H3,(H,27,30). The van der Waals surface area contributed by atoms with E-state index in [-0.39, 0.29) is 30.6 Å². The number of halogens is 1. The summed E-state index contributed by atoms with van der Waals surface area (Å²) in [7, 11) is 0. The van der Waals surface area contributed by atoms with E-state index in [4.69, 9.17) is 9.15 Å². The predicted octanol–water partition coefficient (Wildman–Crippen LogP) is 5.42. The Labute approximate surface area is 185 Å². The molecule has 2 aromatic heterocycles. The van der Waals surface area contributed by atoms with Gasteiger partial charge in [-0.05, 0) is 50.6 Å². The Morgan fingerprint density at radius 1 is 1.06 bits per heavy atom. The lowest BCUT2D eigenvalue weighted by Gasteiger charge is -2.08. The lowest BCUT2D eigenvalue weighted by molar-refractivity contribution is 0.0992. The van der Waals surface area contributed by atoms with Crippen LogP contribution in [0.5, 0.6) is 5.75 Å². The van der Waals surface area contributed by atoms with Gasteiger partial charge in [0.15, 0.2) is 5.76 Å². The minimum Gasteiger partial charge on any atom is -0.485 e. The van der Waals surface area contributed by atoms with Crippen LogP contribution in [0, 0.1) is 26.6 Å². The molecule has 0 spiro atoms. The maximum Gasteiger partial charge on any atom is 0.291 e. The van der Waals surface area contributed by atoms with Crippen LogP contribution in [-0.2, 0) is 13.2 Å². The van der Waals surface area contributed by atoms with Crippen LogP contribution in [0.25, 0.3) is 0 Å². The molecule has 0 unspecified atom stereocenters. The number of amides is 1. The van der Waals surface area contributed by atoms with E-state index < -0.39 is 0 Å². The third kappa shape index (κ3) is 4.56. The maximum atomic E-state index is 14.0. The van der Waals surface area contributed by atoms with Crippen molar-refractivity contribution in [2.75, 3.05) is 5.32 Å². The lowest BCUT2D eigenvalue weighted by Crippen LogP contribution is -2.12. The molecule has 1 N–H and O–H groups in total. The van der Waals surface area contributed by atoms with Gasteiger partial charge in [-0.1, -0.05) is 36.4 Å². The largest absolute Gasteiger partial charge is 0.485 e. The monoisotopic (exact) mass is 433 g/mol. The van der Waals surface area contributed by atoms with E-state index in [0.717, 1.165) is 17.0 Å². The number of aryl methyl sites for hydroxylation is 2. The average Bonchev–Trinajstić information content (AvgIpc) is 3.35. The van der Waals surface area contributed by atoms with Crippen molar-refractivity contribution in [3.63, 3.8) is 0 Å². The van der Waals surface area contributed by atoms with Crippen molar-refractivity contribution in [1.29, 1.82) is 0 Å². The molecule has 0 atom stereocenters. The van der Waals surface area contributed by atoms with Gasteiger partial charge >= 0.3 is 0 Å². The number of furan rings is 1. The summed E-state index contributed by atoms with van der Waals surface area (Å²) in [6.07, 6.45) is 0. The summed E-state index contributed by atoms with van der Waals surface area (Å²) < 4.78 is 27.1. The highest BCUT2D eigenvalue weighted by molar-refractivity contribution is 6.02. The summed E-state index contributed by atoms with van der Waals surface area (Å²) in [5, 5.41) is 7.32. The third-order valence-electron chi connectivity index (χ3n) is 5.25. The number of carbonyl (C=O) groups is 1. The second-order valence-electron chi connectivity index (χ2n) is 7.57. The van der Waals surface area contributed by atoms with Crippen molar-refractivity contribution in [2.45, 2.75) is 33.9 Å². The summed E-state index contributed by atoms with van der Waals surface area (Å²) in [5.41, 5.74) is 3.51. The van der Waals surface area contributed by atoms with Crippen LogP contribution in [-0.4, -0.2) is 15.7 Å². The van der Waals surface area contributed by atoms with Crippen LogP contribution < -0.4 is 10.1 Å². The Balaban J connectivity index is 1.44. The number of ether oxygens (including phenoxy) is 1. The third-order valence-corrected chi connectivity index (χ3v) is 5.25. The number of nitrogens with one attached hydrogen (secondary N) is 1. The second-order valence-corrected chi connectivity index (χ2v) is 7.57. The zero-order chi connectivity index (χ0) is 22.7. The number of para-hydroxylation sites is 1. The van der Waals surface area contributed by atoms with Crippen molar-refractivity contribution in [2.24, 2.45) is 0 Å². The number of rotatable bonds is 7. The first-order valence-corrected chi connectivity index (χ1v) is 10.3. The second kappa shape index (κ2) is 9.09. The van der Waals surface area contributed by atoms with Crippen molar-refractivity contribution < 1.29 is 18.3 Å². The van der Waals surface area contributed by atoms with Crippen LogP contribution in [0.3, 0.4) is 0 Å². The molecular formula is C25H24FN3O3. The quantitative estimate of drug-likeness (QED) is 0.423. The summed E-state index contributed by atoms with van der Waals surface area (Å²) in [5.74, 6) is 0.810. The van der Waals surface area contributed by atoms with Crippen LogP contribution >= 0.6 is 0 Å². The van der Waals surface area contributed by atoms with Gasteiger partial charge in [-0.25, -0.2) is 4.39 Å². The highest BCUT2D eigenvalue weighted by Gasteiger charge is 2.18. The molecular weight excluding hydrogens is 409 g/mol. The fraction of sp³-hybridized carbons (Fsp3) is 0.200. The fourth-order valence-electron chi connectivity index (χ4n) is 3.44. The van der Waals surface area contributed by atoms with Gasteiger partial charge in [-0.15, -0.1) is 0 Å². The van der Waals surface area contributed by atoms with E-state index >= 15 is 0 Å². The molecule has 0 radical (unpaired) electrons. The van der Waals surface area contributed by atoms with Crippen molar-refractivity contribution in [3.05, 3.63) is 101 Å². The Kier molecular flexibility index (Phi) is 6.07. The van der Waals surface area contributed by atoms with E-state index in [1.54, 1.807) is 41.9 Å². The first-order valence-electron chi connectivity index (χ1n) is 10.3. The normalized spacial score (nSPS) is 10.9. The number of nitrogens with zero attached hydrogens (tertiary/aromatic N) is 2. The van der Waals surface area contributed by atoms with Gasteiger partial charge in [0.25, 0.3) is 5.91 Å². The molecule has 32 heavy (non-hydrogen) atoms. The lowest BCUT2D eigenvalue weighted by atomic mass is 10.2. The Morgan fingerprint density at radius 2 is 1.81 bits per heavy atom. The Bertz CT molecular complexity index is 1260. The number of anilines is 1. The molecule has 6 nitrogen and oxygen atoms in total. The van der Waals surface area contributed by atoms with Crippen LogP contribution in [0.1, 0.15) is 38.8 Å². The summed E-state index contributed by atoms with van der Waals surface area (Å²) >= 11 is 0. The van der Waals surface area contributed by atoms with Crippen LogP contribution in [0.15, 0.2) is 65.1 Å². The molecule has 0 bridgehead atoms. The van der Waals surface area contributed by atoms with Gasteiger partial charge in [0.05, 0.1) is 23.6 Å². The summed E-state index contributed by atoms with van der Waals surface area (Å²) in [6.45, 7) is 6.09. The molecule has 0 saturated heterocycles. The van der Waals surface area contributed by atoms with Crippen molar-refractivity contribution >= 4 is 11.6 Å². The molecule has 164 valence electrons. The first-order chi connectivity index (χ1) is 15.4. The number of hydrogen-bond donors (Lipinski definition) is 1. The van der Waals surface area contributed by atoms with E-state index in [1.165, 1.54) is 6.07 Å². The number of carbonyl (C=O) groups excluding carboxylic acids is 1. The average molecular weight is 433 g/mol. The van der Waals surface area contributed by atoms with Gasteiger partial charge in [0.1, 0.15) is 23.9 Å². The van der Waals surface area contributed by atoms with E-state index in [1.807, 2.05) is 38.1 Å². The number of benzene rings is 2. The van der Waals surface area contributed by atoms with Crippen molar-refractivity contribution in [1.82, 2.24) is 9.78 Å². The molecule has 1 amide bonds. The maximum absolute atomic E-state index is 14.0. The minimum atomic E-state index is -0.385. The predicted molar refractivity (Wildman–Crippen MR) is 119 cm³/mol. The number of aromatic nitrogens is 2. The molecule has 2 aromatic carbocycles. The van der Waals surface area contributed by atoms with Gasteiger partial charge in [-0.2, -0.15) is 5.10 Å². The van der Waals surface area contributed by atoms with Crippen LogP contribution in [0.4, 0.5) is 10.1 Å². The van der Waals surface area contributed by atoms with Gasteiger partial charge in [-0.3, -0.25) is 9.48 Å². The molecule has 7 heteroatoms.